The molecule has 0 aliphatic heterocycles. The second kappa shape index (κ2) is 16.4. The summed E-state index contributed by atoms with van der Waals surface area (Å²) in [6.07, 6.45) is 10.1. The Bertz CT molecular complexity index is 1140. The van der Waals surface area contributed by atoms with Crippen LogP contribution >= 0.6 is 27.3 Å². The van der Waals surface area contributed by atoms with Crippen molar-refractivity contribution in [2.45, 2.75) is 102 Å². The summed E-state index contributed by atoms with van der Waals surface area (Å²) in [5.41, 5.74) is 0.347. The van der Waals surface area contributed by atoms with Crippen LogP contribution in [-0.2, 0) is 6.18 Å². The van der Waals surface area contributed by atoms with Crippen LogP contribution in [0, 0.1) is 0 Å². The zero-order chi connectivity index (χ0) is 28.1. The fourth-order valence-electron chi connectivity index (χ4n) is 5.10. The largest absolute Gasteiger partial charge is 0.416 e. The van der Waals surface area contributed by atoms with Crippen molar-refractivity contribution >= 4 is 33.0 Å². The summed E-state index contributed by atoms with van der Waals surface area (Å²) < 4.78 is 42.5. The first-order valence-electron chi connectivity index (χ1n) is 14.4. The van der Waals surface area contributed by atoms with E-state index in [1.54, 1.807) is 6.07 Å². The summed E-state index contributed by atoms with van der Waals surface area (Å²) in [6.45, 7) is 2.23. The summed E-state index contributed by atoms with van der Waals surface area (Å²) in [5, 5.41) is 0. The monoisotopic (exact) mass is 620 g/mol. The van der Waals surface area contributed by atoms with Gasteiger partial charge < -0.3 is 0 Å². The van der Waals surface area contributed by atoms with Gasteiger partial charge in [0.15, 0.2) is 5.78 Å². The Hall–Kier alpha value is -1.92. The van der Waals surface area contributed by atoms with Crippen molar-refractivity contribution in [3.8, 4) is 10.4 Å². The number of carbonyl (C=O) groups is 1. The summed E-state index contributed by atoms with van der Waals surface area (Å²) in [4.78, 5) is 15.2. The van der Waals surface area contributed by atoms with E-state index < -0.39 is 17.7 Å². The Balaban J connectivity index is 1.64. The molecule has 39 heavy (non-hydrogen) atoms. The maximum atomic E-state index is 14.0. The van der Waals surface area contributed by atoms with E-state index in [9.17, 15) is 18.0 Å². The molecule has 3 rings (SSSR count). The third kappa shape index (κ3) is 10.2. The van der Waals surface area contributed by atoms with Crippen molar-refractivity contribution in [2.24, 2.45) is 0 Å². The fraction of sp³-hybridized carbons (Fsp3) is 0.485. The maximum Gasteiger partial charge on any atom is 0.416 e. The SMILES string of the molecule is CCCCCCCCCCCCCCC(C(=O)c1ccc(-c2ccccc2)s1)c1cc(Br)ccc1C(F)(F)F. The Labute approximate surface area is 244 Å². The predicted octanol–water partition coefficient (Wildman–Crippen LogP) is 12.3. The van der Waals surface area contributed by atoms with E-state index in [4.69, 9.17) is 0 Å². The molecule has 2 aromatic carbocycles. The van der Waals surface area contributed by atoms with Crippen LogP contribution in [0.1, 0.15) is 117 Å². The molecular weight excluding hydrogens is 581 g/mol. The molecule has 0 aliphatic carbocycles. The fourth-order valence-corrected chi connectivity index (χ4v) is 6.48. The van der Waals surface area contributed by atoms with Gasteiger partial charge in [0.05, 0.1) is 10.4 Å². The van der Waals surface area contributed by atoms with E-state index in [2.05, 4.69) is 22.9 Å². The van der Waals surface area contributed by atoms with Gasteiger partial charge in [-0.2, -0.15) is 13.2 Å². The second-order valence-electron chi connectivity index (χ2n) is 10.4. The molecule has 0 saturated carbocycles. The number of Topliss-reactive ketones (excluding diaryl/α,β-unsaturated/α-hetero) is 1. The third-order valence-electron chi connectivity index (χ3n) is 7.26. The first kappa shape index (κ1) is 31.6. The number of rotatable bonds is 17. The highest BCUT2D eigenvalue weighted by atomic mass is 79.9. The molecule has 0 aliphatic rings. The van der Waals surface area contributed by atoms with Crippen LogP contribution in [0.2, 0.25) is 0 Å². The molecule has 0 radical (unpaired) electrons. The van der Waals surface area contributed by atoms with E-state index in [1.165, 1.54) is 74.8 Å². The van der Waals surface area contributed by atoms with Gasteiger partial charge in [0, 0.05) is 15.3 Å². The van der Waals surface area contributed by atoms with Gasteiger partial charge in [0.25, 0.3) is 0 Å². The van der Waals surface area contributed by atoms with Gasteiger partial charge in [-0.3, -0.25) is 4.79 Å². The minimum Gasteiger partial charge on any atom is -0.293 e. The number of unbranched alkanes of at least 4 members (excludes halogenated alkanes) is 11. The lowest BCUT2D eigenvalue weighted by Gasteiger charge is -2.21. The topological polar surface area (TPSA) is 17.1 Å². The zero-order valence-corrected chi connectivity index (χ0v) is 25.3. The lowest BCUT2D eigenvalue weighted by Crippen LogP contribution is -2.18. The van der Waals surface area contributed by atoms with Gasteiger partial charge in [0.1, 0.15) is 0 Å². The van der Waals surface area contributed by atoms with Crippen LogP contribution < -0.4 is 0 Å². The number of benzene rings is 2. The molecule has 1 atom stereocenters. The molecule has 1 unspecified atom stereocenters. The number of ketones is 1. The third-order valence-corrected chi connectivity index (χ3v) is 8.91. The molecule has 0 spiro atoms. The molecule has 1 heterocycles. The predicted molar refractivity (Wildman–Crippen MR) is 162 cm³/mol. The highest BCUT2D eigenvalue weighted by Crippen LogP contribution is 2.41. The van der Waals surface area contributed by atoms with Crippen molar-refractivity contribution in [1.29, 1.82) is 0 Å². The van der Waals surface area contributed by atoms with E-state index >= 15 is 0 Å². The second-order valence-corrected chi connectivity index (χ2v) is 12.4. The Kier molecular flexibility index (Phi) is 13.3. The average Bonchev–Trinajstić information content (AvgIpc) is 3.41. The smallest absolute Gasteiger partial charge is 0.293 e. The van der Waals surface area contributed by atoms with E-state index in [-0.39, 0.29) is 11.3 Å². The van der Waals surface area contributed by atoms with Gasteiger partial charge in [0.2, 0.25) is 0 Å². The number of hydrogen-bond acceptors (Lipinski definition) is 2. The molecule has 0 bridgehead atoms. The minimum atomic E-state index is -4.52. The summed E-state index contributed by atoms with van der Waals surface area (Å²) in [6, 6.07) is 17.4. The van der Waals surface area contributed by atoms with Gasteiger partial charge in [-0.15, -0.1) is 11.3 Å². The van der Waals surface area contributed by atoms with Crippen LogP contribution in [-0.4, -0.2) is 5.78 Å². The summed E-state index contributed by atoms with van der Waals surface area (Å²) in [7, 11) is 0. The number of carbonyl (C=O) groups excluding carboxylic acids is 1. The average molecular weight is 622 g/mol. The number of thiophene rings is 1. The number of hydrogen-bond donors (Lipinski definition) is 0. The molecule has 0 fully saturated rings. The van der Waals surface area contributed by atoms with Gasteiger partial charge in [-0.1, -0.05) is 130 Å². The lowest BCUT2D eigenvalue weighted by atomic mass is 9.85. The lowest BCUT2D eigenvalue weighted by molar-refractivity contribution is -0.138. The van der Waals surface area contributed by atoms with Crippen molar-refractivity contribution in [3.63, 3.8) is 0 Å². The Morgan fingerprint density at radius 1 is 0.795 bits per heavy atom. The molecule has 0 saturated heterocycles. The Morgan fingerprint density at radius 3 is 1.97 bits per heavy atom. The quantitative estimate of drug-likeness (QED) is 0.108. The van der Waals surface area contributed by atoms with Crippen LogP contribution in [0.4, 0.5) is 13.2 Å². The van der Waals surface area contributed by atoms with Gasteiger partial charge in [-0.05, 0) is 47.9 Å². The van der Waals surface area contributed by atoms with Crippen molar-refractivity contribution in [2.75, 3.05) is 0 Å². The number of halogens is 4. The summed E-state index contributed by atoms with van der Waals surface area (Å²) >= 11 is 4.69. The maximum absolute atomic E-state index is 14.0. The van der Waals surface area contributed by atoms with Crippen molar-refractivity contribution < 1.29 is 18.0 Å². The first-order chi connectivity index (χ1) is 18.8. The van der Waals surface area contributed by atoms with Crippen molar-refractivity contribution in [1.82, 2.24) is 0 Å². The van der Waals surface area contributed by atoms with Crippen LogP contribution in [0.15, 0.2) is 65.1 Å². The normalized spacial score (nSPS) is 12.5. The molecule has 1 aromatic heterocycles. The van der Waals surface area contributed by atoms with E-state index in [0.717, 1.165) is 42.2 Å². The molecule has 1 nitrogen and oxygen atoms in total. The van der Waals surface area contributed by atoms with Crippen LogP contribution in [0.25, 0.3) is 10.4 Å². The van der Waals surface area contributed by atoms with Gasteiger partial charge >= 0.3 is 6.18 Å². The van der Waals surface area contributed by atoms with E-state index in [0.29, 0.717) is 15.8 Å². The molecule has 0 amide bonds. The minimum absolute atomic E-state index is 0.0691. The first-order valence-corrected chi connectivity index (χ1v) is 16.0. The standard InChI is InChI=1S/C33H40BrF3OS/c1-2-3-4-5-6-7-8-9-10-11-12-16-19-27(28-24-26(34)20-21-29(28)33(35,36)37)32(38)31-23-22-30(39-31)25-17-14-13-15-18-25/h13-15,17-18,20-24,27H,2-12,16,19H2,1H3. The highest BCUT2D eigenvalue weighted by molar-refractivity contribution is 9.10. The Morgan fingerprint density at radius 2 is 1.38 bits per heavy atom. The van der Waals surface area contributed by atoms with Crippen LogP contribution in [0.3, 0.4) is 0 Å². The molecule has 3 aromatic rings. The van der Waals surface area contributed by atoms with Crippen LogP contribution in [0.5, 0.6) is 0 Å². The zero-order valence-electron chi connectivity index (χ0n) is 22.9. The number of alkyl halides is 3. The highest BCUT2D eigenvalue weighted by Gasteiger charge is 2.37. The molecule has 212 valence electrons. The summed E-state index contributed by atoms with van der Waals surface area (Å²) in [5.74, 6) is -1.06. The molecule has 6 heteroatoms. The van der Waals surface area contributed by atoms with E-state index in [1.807, 2.05) is 36.4 Å². The molecule has 0 N–H and O–H groups in total. The van der Waals surface area contributed by atoms with Crippen molar-refractivity contribution in [3.05, 3.63) is 81.1 Å². The van der Waals surface area contributed by atoms with Gasteiger partial charge in [-0.25, -0.2) is 0 Å². The molecular formula is C33H40BrF3OS.